The quantitative estimate of drug-likeness (QED) is 0.679. The minimum absolute atomic E-state index is 0.221. The van der Waals surface area contributed by atoms with Crippen molar-refractivity contribution in [3.05, 3.63) is 16.6 Å². The van der Waals surface area contributed by atoms with Crippen molar-refractivity contribution >= 4 is 11.3 Å². The predicted octanol–water partition coefficient (Wildman–Crippen LogP) is 1.83. The standard InChI is InChI=1S/C10H17N2S/c1-10(2,3)12-6-9(13-7-12)8-4-5-11-8/h6-8,11H,4-5H2,1-3H3/q+1. The highest BCUT2D eigenvalue weighted by molar-refractivity contribution is 7.09. The second-order valence-electron chi connectivity index (χ2n) is 4.63. The monoisotopic (exact) mass is 197 g/mol. The van der Waals surface area contributed by atoms with Crippen molar-refractivity contribution in [2.45, 2.75) is 38.8 Å². The van der Waals surface area contributed by atoms with E-state index in [9.17, 15) is 0 Å². The highest BCUT2D eigenvalue weighted by Gasteiger charge is 2.27. The summed E-state index contributed by atoms with van der Waals surface area (Å²) >= 11 is 1.86. The largest absolute Gasteiger partial charge is 0.309 e. The van der Waals surface area contributed by atoms with Gasteiger partial charge in [-0.15, -0.1) is 0 Å². The summed E-state index contributed by atoms with van der Waals surface area (Å²) in [6, 6.07) is 0.633. The van der Waals surface area contributed by atoms with Gasteiger partial charge in [0.25, 0.3) is 0 Å². The smallest absolute Gasteiger partial charge is 0.225 e. The van der Waals surface area contributed by atoms with Gasteiger partial charge >= 0.3 is 0 Å². The van der Waals surface area contributed by atoms with Gasteiger partial charge in [-0.05, 0) is 13.0 Å². The van der Waals surface area contributed by atoms with Crippen molar-refractivity contribution < 1.29 is 4.57 Å². The molecule has 2 heterocycles. The van der Waals surface area contributed by atoms with Gasteiger partial charge in [-0.3, -0.25) is 0 Å². The number of hydrogen-bond donors (Lipinski definition) is 1. The lowest BCUT2D eigenvalue weighted by molar-refractivity contribution is -0.750. The van der Waals surface area contributed by atoms with Crippen LogP contribution in [0.15, 0.2) is 11.7 Å². The molecule has 1 unspecified atom stereocenters. The third-order valence-corrected chi connectivity index (χ3v) is 3.51. The Bertz CT molecular complexity index is 294. The minimum Gasteiger partial charge on any atom is -0.309 e. The van der Waals surface area contributed by atoms with E-state index in [4.69, 9.17) is 0 Å². The van der Waals surface area contributed by atoms with Gasteiger partial charge in [0, 0.05) is 26.8 Å². The molecular formula is C10H17N2S+. The summed E-state index contributed by atoms with van der Waals surface area (Å²) in [6.45, 7) is 7.88. The highest BCUT2D eigenvalue weighted by Crippen LogP contribution is 2.25. The summed E-state index contributed by atoms with van der Waals surface area (Å²) in [6.07, 6.45) is 3.58. The summed E-state index contributed by atoms with van der Waals surface area (Å²) in [4.78, 5) is 1.47. The molecule has 2 rings (SSSR count). The fourth-order valence-corrected chi connectivity index (χ4v) is 2.52. The second kappa shape index (κ2) is 3.07. The van der Waals surface area contributed by atoms with Crippen LogP contribution in [-0.4, -0.2) is 6.54 Å². The first kappa shape index (κ1) is 9.16. The summed E-state index contributed by atoms with van der Waals surface area (Å²) in [5.74, 6) is 0. The van der Waals surface area contributed by atoms with Crippen LogP contribution in [-0.2, 0) is 5.54 Å². The van der Waals surface area contributed by atoms with Crippen LogP contribution >= 0.6 is 11.3 Å². The van der Waals surface area contributed by atoms with Crippen molar-refractivity contribution in [2.75, 3.05) is 6.54 Å². The van der Waals surface area contributed by atoms with Gasteiger partial charge < -0.3 is 5.32 Å². The second-order valence-corrected chi connectivity index (χ2v) is 5.55. The Kier molecular flexibility index (Phi) is 2.16. The van der Waals surface area contributed by atoms with E-state index in [0.29, 0.717) is 6.04 Å². The Balaban J connectivity index is 2.17. The van der Waals surface area contributed by atoms with Crippen LogP contribution in [0.25, 0.3) is 0 Å². The molecule has 0 saturated carbocycles. The van der Waals surface area contributed by atoms with Gasteiger partial charge in [0.15, 0.2) is 11.7 Å². The average molecular weight is 197 g/mol. The summed E-state index contributed by atoms with van der Waals surface area (Å²) in [5.41, 5.74) is 2.44. The van der Waals surface area contributed by atoms with E-state index in [2.05, 4.69) is 42.4 Å². The Morgan fingerprint density at radius 2 is 2.23 bits per heavy atom. The van der Waals surface area contributed by atoms with E-state index >= 15 is 0 Å². The fourth-order valence-electron chi connectivity index (χ4n) is 1.37. The van der Waals surface area contributed by atoms with Gasteiger partial charge in [0.1, 0.15) is 0 Å². The SMILES string of the molecule is CC(C)(C)[n+]1csc(C2CCN2)c1. The summed E-state index contributed by atoms with van der Waals surface area (Å²) < 4.78 is 2.30. The van der Waals surface area contributed by atoms with Crippen LogP contribution in [0.3, 0.4) is 0 Å². The van der Waals surface area contributed by atoms with Gasteiger partial charge in [-0.1, -0.05) is 11.3 Å². The number of thiazole rings is 1. The molecule has 1 aliphatic heterocycles. The van der Waals surface area contributed by atoms with Gasteiger partial charge in [-0.2, -0.15) is 4.57 Å². The van der Waals surface area contributed by atoms with Crippen molar-refractivity contribution in [3.8, 4) is 0 Å². The molecule has 3 heteroatoms. The lowest BCUT2D eigenvalue weighted by Crippen LogP contribution is -2.48. The van der Waals surface area contributed by atoms with Crippen molar-refractivity contribution in [3.63, 3.8) is 0 Å². The molecule has 1 aromatic rings. The highest BCUT2D eigenvalue weighted by atomic mass is 32.1. The minimum atomic E-state index is 0.221. The van der Waals surface area contributed by atoms with Crippen LogP contribution in [0.4, 0.5) is 0 Å². The molecule has 0 spiro atoms. The molecular weight excluding hydrogens is 180 g/mol. The zero-order valence-corrected chi connectivity index (χ0v) is 9.32. The van der Waals surface area contributed by atoms with Gasteiger partial charge in [0.2, 0.25) is 5.51 Å². The lowest BCUT2D eigenvalue weighted by atomic mass is 10.1. The van der Waals surface area contributed by atoms with Crippen LogP contribution in [0.2, 0.25) is 0 Å². The molecule has 0 radical (unpaired) electrons. The Labute approximate surface area is 83.6 Å². The number of nitrogens with zero attached hydrogens (tertiary/aromatic N) is 1. The topological polar surface area (TPSA) is 15.9 Å². The molecule has 1 N–H and O–H groups in total. The van der Waals surface area contributed by atoms with Crippen LogP contribution in [0.1, 0.15) is 38.1 Å². The number of hydrogen-bond acceptors (Lipinski definition) is 2. The van der Waals surface area contributed by atoms with Crippen LogP contribution in [0, 0.1) is 0 Å². The van der Waals surface area contributed by atoms with Crippen molar-refractivity contribution in [2.24, 2.45) is 0 Å². The van der Waals surface area contributed by atoms with Crippen LogP contribution in [0.5, 0.6) is 0 Å². The number of nitrogens with one attached hydrogen (secondary N) is 1. The first-order chi connectivity index (χ1) is 6.07. The van der Waals surface area contributed by atoms with E-state index in [-0.39, 0.29) is 5.54 Å². The van der Waals surface area contributed by atoms with E-state index in [1.54, 1.807) is 0 Å². The molecule has 1 atom stereocenters. The third-order valence-electron chi connectivity index (χ3n) is 2.51. The molecule has 0 bridgehead atoms. The molecule has 2 nitrogen and oxygen atoms in total. The first-order valence-electron chi connectivity index (χ1n) is 4.81. The molecule has 1 fully saturated rings. The molecule has 0 amide bonds. The molecule has 0 aromatic carbocycles. The predicted molar refractivity (Wildman–Crippen MR) is 54.9 cm³/mol. The Hall–Kier alpha value is -0.410. The number of aromatic nitrogens is 1. The third kappa shape index (κ3) is 1.76. The Morgan fingerprint density at radius 1 is 1.54 bits per heavy atom. The number of rotatable bonds is 1. The molecule has 0 aliphatic carbocycles. The van der Waals surface area contributed by atoms with E-state index in [1.807, 2.05) is 11.3 Å². The average Bonchev–Trinajstić information content (AvgIpc) is 2.29. The van der Waals surface area contributed by atoms with Crippen LogP contribution < -0.4 is 9.88 Å². The fraction of sp³-hybridized carbons (Fsp3) is 0.700. The zero-order valence-electron chi connectivity index (χ0n) is 8.50. The van der Waals surface area contributed by atoms with Crippen molar-refractivity contribution in [1.82, 2.24) is 5.32 Å². The van der Waals surface area contributed by atoms with Crippen molar-refractivity contribution in [1.29, 1.82) is 0 Å². The molecule has 13 heavy (non-hydrogen) atoms. The van der Waals surface area contributed by atoms with E-state index in [0.717, 1.165) is 0 Å². The first-order valence-corrected chi connectivity index (χ1v) is 5.69. The van der Waals surface area contributed by atoms with Gasteiger partial charge in [0.05, 0.1) is 4.88 Å². The normalized spacial score (nSPS) is 22.8. The summed E-state index contributed by atoms with van der Waals surface area (Å²) in [7, 11) is 0. The maximum atomic E-state index is 3.42. The molecule has 1 aromatic heterocycles. The van der Waals surface area contributed by atoms with Gasteiger partial charge in [-0.25, -0.2) is 0 Å². The molecule has 1 aliphatic rings. The summed E-state index contributed by atoms with van der Waals surface area (Å²) in [5, 5.41) is 3.42. The maximum absolute atomic E-state index is 3.42. The zero-order chi connectivity index (χ0) is 9.47. The maximum Gasteiger partial charge on any atom is 0.225 e. The molecule has 72 valence electrons. The Morgan fingerprint density at radius 3 is 2.62 bits per heavy atom. The van der Waals surface area contributed by atoms with E-state index in [1.165, 1.54) is 17.8 Å². The van der Waals surface area contributed by atoms with E-state index < -0.39 is 0 Å². The molecule has 1 saturated heterocycles. The lowest BCUT2D eigenvalue weighted by Gasteiger charge is -2.24.